The first kappa shape index (κ1) is 53.2. The lowest BCUT2D eigenvalue weighted by molar-refractivity contribution is -0.336. The summed E-state index contributed by atoms with van der Waals surface area (Å²) in [7, 11) is 1.59. The molecule has 5 fully saturated rings. The van der Waals surface area contributed by atoms with E-state index in [4.69, 9.17) is 33.2 Å². The zero-order valence-electron chi connectivity index (χ0n) is 38.0. The number of methoxy groups -OCH3 is 1. The van der Waals surface area contributed by atoms with Crippen LogP contribution < -0.4 is 5.32 Å². The fraction of sp³-hybridized carbons (Fsp3) is 0.953. The van der Waals surface area contributed by atoms with E-state index in [0.717, 1.165) is 32.1 Å². The Morgan fingerprint density at radius 3 is 2.33 bits per heavy atom. The van der Waals surface area contributed by atoms with Crippen molar-refractivity contribution >= 4 is 80.2 Å². The summed E-state index contributed by atoms with van der Waals surface area (Å²) < 4.78 is 45.8. The summed E-state index contributed by atoms with van der Waals surface area (Å²) in [5.74, 6) is -4.02. The first-order valence-corrected chi connectivity index (χ1v) is 31.6. The minimum atomic E-state index is -1.58. The Balaban J connectivity index is 1.26. The summed E-state index contributed by atoms with van der Waals surface area (Å²) in [6, 6.07) is -0.798. The molecule has 0 aliphatic carbocycles. The van der Waals surface area contributed by atoms with Crippen LogP contribution >= 0.6 is 68.3 Å². The Hall–Kier alpha value is 1.25. The number of hydrogen-bond acceptors (Lipinski definition) is 13. The third-order valence-electron chi connectivity index (χ3n) is 14.9. The van der Waals surface area contributed by atoms with Crippen molar-refractivity contribution in [3.05, 3.63) is 0 Å². The molecule has 0 aromatic heterocycles. The average Bonchev–Trinajstić information content (AvgIpc) is 3.95. The minimum Gasteiger partial charge on any atom is -0.464 e. The van der Waals surface area contributed by atoms with Crippen LogP contribution in [0.1, 0.15) is 121 Å². The zero-order chi connectivity index (χ0) is 45.3. The highest BCUT2D eigenvalue weighted by molar-refractivity contribution is 14.2. The van der Waals surface area contributed by atoms with Crippen molar-refractivity contribution in [2.24, 2.45) is 35.5 Å². The molecule has 0 aromatic rings. The van der Waals surface area contributed by atoms with Gasteiger partial charge in [-0.25, -0.2) is 4.79 Å². The van der Waals surface area contributed by atoms with Gasteiger partial charge in [0.05, 0.1) is 77.3 Å². The lowest BCUT2D eigenvalue weighted by atomic mass is 9.78. The van der Waals surface area contributed by atoms with E-state index < -0.39 is 65.6 Å². The van der Waals surface area contributed by atoms with Crippen molar-refractivity contribution < 1.29 is 58.1 Å². The molecule has 61 heavy (non-hydrogen) atoms. The predicted molar refractivity (Wildman–Crippen MR) is 259 cm³/mol. The van der Waals surface area contributed by atoms with Crippen LogP contribution in [0.3, 0.4) is 0 Å². The molecule has 5 saturated heterocycles. The van der Waals surface area contributed by atoms with Crippen molar-refractivity contribution in [1.29, 1.82) is 0 Å². The summed E-state index contributed by atoms with van der Waals surface area (Å²) in [6.07, 6.45) is 4.01. The van der Waals surface area contributed by atoms with Gasteiger partial charge >= 0.3 is 5.97 Å². The maximum Gasteiger partial charge on any atom is 0.329 e. The normalized spacial score (nSPS) is 43.8. The number of rotatable bonds is 18. The number of nitrogens with one attached hydrogen (secondary N) is 1. The molecular weight excluding hydrogens is 1070 g/mol. The molecule has 0 saturated carbocycles. The topological polar surface area (TPSA) is 171 Å². The lowest BCUT2D eigenvalue weighted by Gasteiger charge is -2.49. The Labute approximate surface area is 398 Å². The molecule has 5 aliphatic heterocycles. The molecule has 4 N–H and O–H groups in total. The first-order valence-electron chi connectivity index (χ1n) is 22.4. The number of carbonyl (C=O) groups excluding carboxylic acids is 2. The summed E-state index contributed by atoms with van der Waals surface area (Å²) in [5, 5.41) is 35.7. The SMILES string of the molecule is CCOC(=O)[C@@H](CSC(C)(PI)PI)NC(=O)C(C)C(OC)C(C)C1OC2(CCC(C)(C3CCC(CC)(C4OC(C5OC(O)(CO)C(C)CC5C)CC4C)O3)O2)CC(O)C1C. The molecule has 5 heterocycles. The number of hydrogen-bond donors (Lipinski definition) is 4. The molecule has 20 atom stereocenters. The standard InChI is InChI=1S/C43H75I2NO12P2S/c1-12-41(36-24(4)19-31(54-36)33-23(3)18-25(5)43(51,22-47)57-33)15-14-32(55-41)39(9)16-17-42(58-39)20-30(48)26(6)35(56-42)27(7)34(52-11)28(8)37(49)46-29(38(50)53-13-2)21-61-40(10,59-44)60-45/h23-36,47-48,51,59-60H,12-22H2,1-11H3,(H,46,49)/t23?,24?,25?,26?,27?,28?,29-,30?,31?,32?,33?,34?,35?,36?,39?,41?,42?,43?/m1/s1. The molecule has 5 rings (SSSR count). The maximum absolute atomic E-state index is 13.9. The van der Waals surface area contributed by atoms with Gasteiger partial charge in [0.1, 0.15) is 6.04 Å². The summed E-state index contributed by atoms with van der Waals surface area (Å²) in [6.45, 7) is 20.0. The van der Waals surface area contributed by atoms with Crippen molar-refractivity contribution in [1.82, 2.24) is 5.32 Å². The Bertz CT molecular complexity index is 1490. The van der Waals surface area contributed by atoms with E-state index in [-0.39, 0.29) is 70.7 Å². The highest BCUT2D eigenvalue weighted by Gasteiger charge is 2.62. The predicted octanol–water partition coefficient (Wildman–Crippen LogP) is 7.70. The maximum atomic E-state index is 13.9. The number of thioether (sulfide) groups is 1. The van der Waals surface area contributed by atoms with Crippen LogP contribution in [0.4, 0.5) is 0 Å². The lowest BCUT2D eigenvalue weighted by Crippen LogP contribution is -2.57. The van der Waals surface area contributed by atoms with Gasteiger partial charge in [0.2, 0.25) is 5.91 Å². The zero-order valence-corrected chi connectivity index (χ0v) is 45.2. The monoisotopic (exact) mass is 1150 g/mol. The van der Waals surface area contributed by atoms with E-state index in [0.29, 0.717) is 37.5 Å². The number of amides is 1. The second kappa shape index (κ2) is 21.7. The van der Waals surface area contributed by atoms with Crippen molar-refractivity contribution in [2.45, 2.75) is 196 Å². The van der Waals surface area contributed by atoms with Crippen molar-refractivity contribution in [3.8, 4) is 0 Å². The van der Waals surface area contributed by atoms with E-state index in [1.54, 1.807) is 25.8 Å². The van der Waals surface area contributed by atoms with Gasteiger partial charge in [0.25, 0.3) is 0 Å². The van der Waals surface area contributed by atoms with E-state index in [1.807, 2.05) is 27.7 Å². The first-order chi connectivity index (χ1) is 28.6. The molecule has 19 unspecified atom stereocenters. The van der Waals surface area contributed by atoms with Crippen LogP contribution in [-0.2, 0) is 42.7 Å². The van der Waals surface area contributed by atoms with Crippen molar-refractivity contribution in [3.63, 3.8) is 0 Å². The third kappa shape index (κ3) is 11.4. The van der Waals surface area contributed by atoms with Crippen LogP contribution in [0, 0.1) is 35.5 Å². The van der Waals surface area contributed by atoms with Gasteiger partial charge in [-0.2, -0.15) is 0 Å². The third-order valence-corrected chi connectivity index (χ3v) is 30.6. The van der Waals surface area contributed by atoms with Gasteiger partial charge in [0.15, 0.2) is 11.6 Å². The number of aliphatic hydroxyl groups is 3. The van der Waals surface area contributed by atoms with Gasteiger partial charge in [-0.3, -0.25) is 4.79 Å². The molecule has 5 aliphatic rings. The van der Waals surface area contributed by atoms with E-state index >= 15 is 0 Å². The Kier molecular flexibility index (Phi) is 18.9. The van der Waals surface area contributed by atoms with Gasteiger partial charge in [0, 0.05) is 43.5 Å². The number of ether oxygens (including phenoxy) is 7. The Morgan fingerprint density at radius 1 is 1.03 bits per heavy atom. The molecule has 1 spiro atoms. The minimum absolute atomic E-state index is 0.00505. The van der Waals surface area contributed by atoms with E-state index in [9.17, 15) is 24.9 Å². The highest BCUT2D eigenvalue weighted by Crippen LogP contribution is 2.61. The Morgan fingerprint density at radius 2 is 1.72 bits per heavy atom. The number of carbonyl (C=O) groups is 2. The quantitative estimate of drug-likeness (QED) is 0.0599. The van der Waals surface area contributed by atoms with Crippen LogP contribution in [0.15, 0.2) is 0 Å². The largest absolute Gasteiger partial charge is 0.464 e. The van der Waals surface area contributed by atoms with Gasteiger partial charge in [-0.1, -0.05) is 92.5 Å². The molecule has 0 bridgehead atoms. The fourth-order valence-electron chi connectivity index (χ4n) is 11.0. The molecule has 1 amide bonds. The van der Waals surface area contributed by atoms with Gasteiger partial charge in [-0.05, 0) is 83.6 Å². The van der Waals surface area contributed by atoms with Crippen LogP contribution in [0.2, 0.25) is 0 Å². The number of esters is 1. The molecule has 18 heteroatoms. The summed E-state index contributed by atoms with van der Waals surface area (Å²) >= 11 is 6.47. The molecule has 13 nitrogen and oxygen atoms in total. The van der Waals surface area contributed by atoms with Crippen LogP contribution in [0.25, 0.3) is 0 Å². The second-order valence-corrected chi connectivity index (χ2v) is 27.6. The molecule has 0 radical (unpaired) electrons. The van der Waals surface area contributed by atoms with E-state index in [1.165, 1.54) is 0 Å². The van der Waals surface area contributed by atoms with Gasteiger partial charge in [-0.15, -0.1) is 11.8 Å². The van der Waals surface area contributed by atoms with Crippen LogP contribution in [0.5, 0.6) is 0 Å². The smallest absolute Gasteiger partial charge is 0.329 e. The summed E-state index contributed by atoms with van der Waals surface area (Å²) in [5.41, 5.74) is -1.21. The number of aliphatic hydroxyl groups excluding tert-OH is 2. The van der Waals surface area contributed by atoms with Crippen LogP contribution in [-0.4, -0.2) is 129 Å². The molecule has 0 aromatic carbocycles. The molecular formula is C43H75I2NO12P2S. The van der Waals surface area contributed by atoms with E-state index in [2.05, 4.69) is 84.0 Å². The average molecular weight is 1150 g/mol. The fourth-order valence-corrected chi connectivity index (χ4v) is 22.6. The van der Waals surface area contributed by atoms with Crippen molar-refractivity contribution in [2.75, 3.05) is 26.1 Å². The highest BCUT2D eigenvalue weighted by atomic mass is 127. The summed E-state index contributed by atoms with van der Waals surface area (Å²) in [4.78, 5) is 27.0. The van der Waals surface area contributed by atoms with Gasteiger partial charge < -0.3 is 53.8 Å². The number of halogens is 2. The second-order valence-electron chi connectivity index (χ2n) is 19.3. The molecule has 354 valence electrons.